The van der Waals surface area contributed by atoms with E-state index in [9.17, 15) is 9.90 Å². The van der Waals surface area contributed by atoms with E-state index < -0.39 is 0 Å². The number of para-hydroxylation sites is 1. The number of aliphatic hydroxyl groups is 1. The Bertz CT molecular complexity index is 1610. The monoisotopic (exact) mass is 714 g/mol. The summed E-state index contributed by atoms with van der Waals surface area (Å²) in [6.07, 6.45) is 11.8. The molecule has 0 radical (unpaired) electrons. The number of nitrogens with one attached hydrogen (secondary N) is 2. The first-order chi connectivity index (χ1) is 24.9. The van der Waals surface area contributed by atoms with Gasteiger partial charge in [0.25, 0.3) is 5.91 Å². The van der Waals surface area contributed by atoms with Crippen LogP contribution in [0.4, 0.5) is 5.69 Å². The van der Waals surface area contributed by atoms with Crippen molar-refractivity contribution in [3.8, 4) is 16.9 Å². The number of nitrogens with zero attached hydrogens (tertiary/aromatic N) is 3. The number of carbonyl (C=O) groups excluding carboxylic acids is 1. The van der Waals surface area contributed by atoms with Gasteiger partial charge in [0.2, 0.25) is 0 Å². The van der Waals surface area contributed by atoms with Gasteiger partial charge < -0.3 is 31.1 Å². The molecule has 2 fully saturated rings. The summed E-state index contributed by atoms with van der Waals surface area (Å²) in [5.41, 5.74) is 13.1. The molecule has 1 aromatic heterocycles. The minimum Gasteiger partial charge on any atom is -0.496 e. The van der Waals surface area contributed by atoms with Gasteiger partial charge in [0.15, 0.2) is 0 Å². The van der Waals surface area contributed by atoms with E-state index in [4.69, 9.17) is 15.3 Å². The number of aromatic nitrogens is 1. The van der Waals surface area contributed by atoms with Crippen molar-refractivity contribution in [2.75, 3.05) is 46.3 Å². The Morgan fingerprint density at radius 1 is 1.19 bits per heavy atom. The molecule has 1 amide bonds. The van der Waals surface area contributed by atoms with Crippen molar-refractivity contribution < 1.29 is 19.5 Å². The van der Waals surface area contributed by atoms with E-state index in [1.807, 2.05) is 85.6 Å². The Labute approximate surface area is 311 Å². The average Bonchev–Trinajstić information content (AvgIpc) is 3.47. The Hall–Kier alpha value is -3.96. The van der Waals surface area contributed by atoms with Crippen LogP contribution in [0.15, 0.2) is 72.7 Å². The van der Waals surface area contributed by atoms with Crippen LogP contribution in [0, 0.1) is 17.3 Å². The summed E-state index contributed by atoms with van der Waals surface area (Å²) in [6.45, 7) is 10.7. The van der Waals surface area contributed by atoms with Gasteiger partial charge in [-0.1, -0.05) is 64.8 Å². The lowest BCUT2D eigenvalue weighted by atomic mass is 9.73. The number of hydrogen-bond acceptors (Lipinski definition) is 9. The fraction of sp³-hybridized carbons (Fsp3) is 0.524. The molecule has 1 aliphatic carbocycles. The second kappa shape index (κ2) is 19.2. The first kappa shape index (κ1) is 40.8. The van der Waals surface area contributed by atoms with Gasteiger partial charge >= 0.3 is 0 Å². The van der Waals surface area contributed by atoms with Crippen molar-refractivity contribution in [2.24, 2.45) is 23.0 Å². The summed E-state index contributed by atoms with van der Waals surface area (Å²) >= 11 is 0. The number of nitrogens with two attached hydrogens (primary N) is 1. The topological polar surface area (TPSA) is 125 Å². The van der Waals surface area contributed by atoms with Crippen molar-refractivity contribution in [2.45, 2.75) is 85.0 Å². The molecular formula is C42H62N6O4. The van der Waals surface area contributed by atoms with E-state index >= 15 is 0 Å². The van der Waals surface area contributed by atoms with Gasteiger partial charge in [-0.15, -0.1) is 0 Å². The number of allylic oxidation sites excluding steroid dienone is 1. The highest BCUT2D eigenvalue weighted by Crippen LogP contribution is 2.39. The molecule has 2 aliphatic rings. The molecule has 5 N–H and O–H groups in total. The highest BCUT2D eigenvalue weighted by molar-refractivity contribution is 5.97. The SMILES string of the molecule is CC/C=C(\N)C1C(CO)C(CNCc2ccncc2)ON1Cc1cccc(-c2cc(C(=O)NC)cc(N(C)C)c2)c1OC.CC1CCCC(C)(C)C1. The largest absolute Gasteiger partial charge is 0.496 e. The van der Waals surface area contributed by atoms with Crippen LogP contribution in [0.25, 0.3) is 11.1 Å². The van der Waals surface area contributed by atoms with Gasteiger partial charge in [0.05, 0.1) is 32.4 Å². The van der Waals surface area contributed by atoms with Crippen LogP contribution in [0.1, 0.15) is 81.3 Å². The quantitative estimate of drug-likeness (QED) is 0.156. The summed E-state index contributed by atoms with van der Waals surface area (Å²) in [5.74, 6) is 1.27. The Kier molecular flexibility index (Phi) is 15.1. The predicted molar refractivity (Wildman–Crippen MR) is 211 cm³/mol. The molecule has 5 rings (SSSR count). The van der Waals surface area contributed by atoms with E-state index in [1.165, 1.54) is 25.7 Å². The smallest absolute Gasteiger partial charge is 0.251 e. The summed E-state index contributed by atoms with van der Waals surface area (Å²) in [4.78, 5) is 25.1. The van der Waals surface area contributed by atoms with Gasteiger partial charge in [-0.05, 0) is 72.1 Å². The van der Waals surface area contributed by atoms with Gasteiger partial charge in [-0.3, -0.25) is 14.6 Å². The zero-order chi connectivity index (χ0) is 37.8. The number of hydrogen-bond donors (Lipinski definition) is 4. The molecule has 10 heteroatoms. The Morgan fingerprint density at radius 3 is 2.54 bits per heavy atom. The first-order valence-corrected chi connectivity index (χ1v) is 18.7. The molecule has 2 heterocycles. The van der Waals surface area contributed by atoms with Gasteiger partial charge in [0.1, 0.15) is 5.75 Å². The van der Waals surface area contributed by atoms with E-state index in [0.717, 1.165) is 40.3 Å². The van der Waals surface area contributed by atoms with Crippen LogP contribution in [0.5, 0.6) is 5.75 Å². The average molecular weight is 715 g/mol. The number of anilines is 1. The van der Waals surface area contributed by atoms with Gasteiger partial charge in [0, 0.05) is 80.6 Å². The van der Waals surface area contributed by atoms with Crippen molar-refractivity contribution in [1.29, 1.82) is 0 Å². The summed E-state index contributed by atoms with van der Waals surface area (Å²) in [7, 11) is 7.16. The number of ether oxygens (including phenoxy) is 1. The third kappa shape index (κ3) is 10.8. The Morgan fingerprint density at radius 2 is 1.94 bits per heavy atom. The van der Waals surface area contributed by atoms with Crippen LogP contribution in [-0.2, 0) is 17.9 Å². The predicted octanol–water partition coefficient (Wildman–Crippen LogP) is 6.54. The third-order valence-electron chi connectivity index (χ3n) is 10.2. The van der Waals surface area contributed by atoms with Crippen molar-refractivity contribution in [3.05, 3.63) is 89.4 Å². The van der Waals surface area contributed by atoms with E-state index in [-0.39, 0.29) is 30.6 Å². The maximum Gasteiger partial charge on any atom is 0.251 e. The van der Waals surface area contributed by atoms with Crippen molar-refractivity contribution in [1.82, 2.24) is 20.7 Å². The number of amides is 1. The van der Waals surface area contributed by atoms with Crippen LogP contribution in [0.2, 0.25) is 0 Å². The number of methoxy groups -OCH3 is 1. The van der Waals surface area contributed by atoms with E-state index in [2.05, 4.69) is 36.4 Å². The second-order valence-electron chi connectivity index (χ2n) is 15.2. The lowest BCUT2D eigenvalue weighted by Gasteiger charge is -2.33. The highest BCUT2D eigenvalue weighted by Gasteiger charge is 2.44. The molecule has 10 nitrogen and oxygen atoms in total. The molecule has 4 unspecified atom stereocenters. The van der Waals surface area contributed by atoms with Crippen molar-refractivity contribution >= 4 is 11.6 Å². The van der Waals surface area contributed by atoms with Crippen LogP contribution < -0.4 is 26.0 Å². The number of aliphatic hydroxyl groups excluding tert-OH is 1. The first-order valence-electron chi connectivity index (χ1n) is 18.7. The van der Waals surface area contributed by atoms with Gasteiger partial charge in [-0.25, -0.2) is 0 Å². The molecule has 0 bridgehead atoms. The van der Waals surface area contributed by atoms with Gasteiger partial charge in [-0.2, -0.15) is 5.06 Å². The fourth-order valence-corrected chi connectivity index (χ4v) is 7.63. The zero-order valence-electron chi connectivity index (χ0n) is 32.6. The molecule has 284 valence electrons. The molecule has 0 spiro atoms. The van der Waals surface area contributed by atoms with Crippen molar-refractivity contribution in [3.63, 3.8) is 0 Å². The number of benzene rings is 2. The molecule has 1 saturated heterocycles. The minimum atomic E-state index is -0.317. The number of hydroxylamine groups is 2. The lowest BCUT2D eigenvalue weighted by Crippen LogP contribution is -2.39. The van der Waals surface area contributed by atoms with E-state index in [0.29, 0.717) is 42.1 Å². The zero-order valence-corrected chi connectivity index (χ0v) is 32.6. The molecule has 1 aliphatic heterocycles. The summed E-state index contributed by atoms with van der Waals surface area (Å²) in [5, 5.41) is 18.5. The maximum absolute atomic E-state index is 12.6. The lowest BCUT2D eigenvalue weighted by molar-refractivity contribution is -0.164. The highest BCUT2D eigenvalue weighted by atomic mass is 16.7. The number of rotatable bonds is 13. The summed E-state index contributed by atoms with van der Waals surface area (Å²) in [6, 6.07) is 15.4. The number of carbonyl (C=O) groups is 1. The molecular weight excluding hydrogens is 653 g/mol. The molecule has 3 aromatic rings. The molecule has 52 heavy (non-hydrogen) atoms. The number of pyridine rings is 1. The normalized spacial score (nSPS) is 21.6. The molecule has 1 saturated carbocycles. The van der Waals surface area contributed by atoms with Crippen LogP contribution in [-0.4, -0.2) is 74.6 Å². The van der Waals surface area contributed by atoms with Crippen LogP contribution >= 0.6 is 0 Å². The van der Waals surface area contributed by atoms with E-state index in [1.54, 1.807) is 26.6 Å². The Balaban J connectivity index is 0.000000585. The fourth-order valence-electron chi connectivity index (χ4n) is 7.63. The molecule has 4 atom stereocenters. The minimum absolute atomic E-state index is 0.0716. The van der Waals surface area contributed by atoms with Crippen LogP contribution in [0.3, 0.4) is 0 Å². The third-order valence-corrected chi connectivity index (χ3v) is 10.2. The molecule has 2 aromatic carbocycles. The second-order valence-corrected chi connectivity index (χ2v) is 15.2. The standard InChI is InChI=1S/C33H44N6O4.C9H18/c1-6-8-29(34)31-28(21-40)30(19-37-18-22-11-13-36-14-12-22)43-39(31)20-23-9-7-10-27(32(23)42-5)24-15-25(33(41)35-2)17-26(16-24)38(3)4;1-8-5-4-6-9(2,3)7-8/h7-17,28,30-31,37,40H,6,18-21,34H2,1-5H3,(H,35,41);8H,4-7H2,1-3H3/b29-8-;. The summed E-state index contributed by atoms with van der Waals surface area (Å²) < 4.78 is 6.00. The maximum atomic E-state index is 12.6.